The van der Waals surface area contributed by atoms with Gasteiger partial charge in [0.1, 0.15) is 0 Å². The lowest BCUT2D eigenvalue weighted by Gasteiger charge is -2.09. The van der Waals surface area contributed by atoms with Gasteiger partial charge in [0.05, 0.1) is 0 Å². The summed E-state index contributed by atoms with van der Waals surface area (Å²) in [6.07, 6.45) is 1.52. The van der Waals surface area contributed by atoms with Crippen LogP contribution in [-0.4, -0.2) is 24.0 Å². The molecule has 9 heavy (non-hydrogen) atoms. The minimum Gasteiger partial charge on any atom is -0.356 e. The molecular formula is C5H9N3O. The van der Waals surface area contributed by atoms with Gasteiger partial charge in [-0.15, -0.1) is 0 Å². The second-order valence-corrected chi connectivity index (χ2v) is 1.78. The van der Waals surface area contributed by atoms with Crippen molar-refractivity contribution in [2.75, 3.05) is 18.5 Å². The molecule has 4 nitrogen and oxygen atoms in total. The van der Waals surface area contributed by atoms with Crippen molar-refractivity contribution in [2.45, 2.75) is 6.92 Å². The van der Waals surface area contributed by atoms with Crippen LogP contribution in [0.2, 0.25) is 0 Å². The first-order valence-electron chi connectivity index (χ1n) is 2.82. The van der Waals surface area contributed by atoms with E-state index in [0.717, 1.165) is 12.4 Å². The van der Waals surface area contributed by atoms with Crippen LogP contribution in [0, 0.1) is 0 Å². The van der Waals surface area contributed by atoms with Gasteiger partial charge in [-0.05, 0) is 6.92 Å². The van der Waals surface area contributed by atoms with Crippen molar-refractivity contribution in [3.8, 4) is 0 Å². The average Bonchev–Trinajstić information content (AvgIpc) is 2.37. The van der Waals surface area contributed by atoms with Gasteiger partial charge in [0, 0.05) is 18.9 Å². The third kappa shape index (κ3) is 1.19. The van der Waals surface area contributed by atoms with Crippen LogP contribution in [0.25, 0.3) is 0 Å². The van der Waals surface area contributed by atoms with Crippen LogP contribution in [0.5, 0.6) is 0 Å². The second kappa shape index (κ2) is 2.48. The molecule has 50 valence electrons. The Kier molecular flexibility index (Phi) is 1.67. The number of rotatable bonds is 2. The van der Waals surface area contributed by atoms with E-state index in [-0.39, 0.29) is 0 Å². The van der Waals surface area contributed by atoms with Crippen molar-refractivity contribution >= 4 is 5.82 Å². The molecule has 0 bridgehead atoms. The quantitative estimate of drug-likeness (QED) is 0.581. The second-order valence-electron chi connectivity index (χ2n) is 1.78. The van der Waals surface area contributed by atoms with Crippen LogP contribution in [0.4, 0.5) is 5.82 Å². The summed E-state index contributed by atoms with van der Waals surface area (Å²) < 4.78 is 4.53. The van der Waals surface area contributed by atoms with Gasteiger partial charge in [0.2, 0.25) is 0 Å². The topological polar surface area (TPSA) is 42.2 Å². The molecule has 1 rings (SSSR count). The number of nitrogens with zero attached hydrogens (tertiary/aromatic N) is 3. The van der Waals surface area contributed by atoms with Crippen LogP contribution in [0.15, 0.2) is 10.8 Å². The van der Waals surface area contributed by atoms with Crippen LogP contribution in [0.3, 0.4) is 0 Å². The van der Waals surface area contributed by atoms with E-state index in [2.05, 4.69) is 14.9 Å². The Balaban J connectivity index is 2.65. The minimum atomic E-state index is 0.775. The van der Waals surface area contributed by atoms with Crippen LogP contribution < -0.4 is 4.90 Å². The summed E-state index contributed by atoms with van der Waals surface area (Å²) in [4.78, 5) is 1.94. The van der Waals surface area contributed by atoms with Crippen molar-refractivity contribution < 1.29 is 4.52 Å². The third-order valence-electron chi connectivity index (χ3n) is 1.21. The molecule has 0 aliphatic carbocycles. The zero-order valence-electron chi connectivity index (χ0n) is 5.53. The zero-order valence-corrected chi connectivity index (χ0v) is 5.53. The lowest BCUT2D eigenvalue weighted by atomic mass is 10.6. The first-order chi connectivity index (χ1) is 4.34. The monoisotopic (exact) mass is 127 g/mol. The summed E-state index contributed by atoms with van der Waals surface area (Å²) in [5.74, 6) is 0.775. The Hall–Kier alpha value is -1.06. The first-order valence-corrected chi connectivity index (χ1v) is 2.82. The molecule has 0 N–H and O–H groups in total. The number of hydrogen-bond donors (Lipinski definition) is 0. The predicted molar refractivity (Wildman–Crippen MR) is 33.2 cm³/mol. The van der Waals surface area contributed by atoms with E-state index in [1.54, 1.807) is 0 Å². The molecule has 0 aromatic carbocycles. The smallest absolute Gasteiger partial charge is 0.192 e. The Morgan fingerprint density at radius 3 is 3.00 bits per heavy atom. The van der Waals surface area contributed by atoms with Gasteiger partial charge in [-0.1, -0.05) is 5.10 Å². The molecule has 0 amide bonds. The fraction of sp³-hybridized carbons (Fsp3) is 0.600. The molecule has 0 spiro atoms. The standard InChI is InChI=1S/C5H9N3O/c1-3-8(2)5-4-9-7-6-5/h4H,3H2,1-2H3. The maximum absolute atomic E-state index is 4.53. The maximum Gasteiger partial charge on any atom is 0.192 e. The van der Waals surface area contributed by atoms with E-state index in [1.165, 1.54) is 6.26 Å². The van der Waals surface area contributed by atoms with Crippen molar-refractivity contribution in [2.24, 2.45) is 0 Å². The van der Waals surface area contributed by atoms with E-state index in [4.69, 9.17) is 0 Å². The molecule has 0 unspecified atom stereocenters. The summed E-state index contributed by atoms with van der Waals surface area (Å²) in [5.41, 5.74) is 0. The van der Waals surface area contributed by atoms with E-state index < -0.39 is 0 Å². The molecule has 0 aliphatic rings. The van der Waals surface area contributed by atoms with Crippen LogP contribution in [-0.2, 0) is 0 Å². The van der Waals surface area contributed by atoms with Gasteiger partial charge in [-0.2, -0.15) is 0 Å². The van der Waals surface area contributed by atoms with Crippen LogP contribution >= 0.6 is 0 Å². The summed E-state index contributed by atoms with van der Waals surface area (Å²) >= 11 is 0. The third-order valence-corrected chi connectivity index (χ3v) is 1.21. The molecular weight excluding hydrogens is 118 g/mol. The van der Waals surface area contributed by atoms with Crippen molar-refractivity contribution in [1.29, 1.82) is 0 Å². The number of aromatic nitrogens is 2. The van der Waals surface area contributed by atoms with Crippen molar-refractivity contribution in [1.82, 2.24) is 10.4 Å². The molecule has 0 atom stereocenters. The SMILES string of the molecule is CCN(C)c1conn1. The first kappa shape index (κ1) is 6.07. The highest BCUT2D eigenvalue weighted by Crippen LogP contribution is 2.03. The van der Waals surface area contributed by atoms with Crippen LogP contribution in [0.1, 0.15) is 6.92 Å². The van der Waals surface area contributed by atoms with E-state index in [0.29, 0.717) is 0 Å². The van der Waals surface area contributed by atoms with Gasteiger partial charge in [0.25, 0.3) is 0 Å². The summed E-state index contributed by atoms with van der Waals surface area (Å²) in [6, 6.07) is 0. The van der Waals surface area contributed by atoms with E-state index >= 15 is 0 Å². The highest BCUT2D eigenvalue weighted by atomic mass is 16.5. The van der Waals surface area contributed by atoms with E-state index in [1.807, 2.05) is 18.9 Å². The Labute approximate surface area is 53.4 Å². The number of anilines is 1. The maximum atomic E-state index is 4.53. The Bertz CT molecular complexity index is 161. The molecule has 1 heterocycles. The van der Waals surface area contributed by atoms with Gasteiger partial charge in [0.15, 0.2) is 12.1 Å². The fourth-order valence-electron chi connectivity index (χ4n) is 0.488. The minimum absolute atomic E-state index is 0.775. The van der Waals surface area contributed by atoms with Crippen molar-refractivity contribution in [3.63, 3.8) is 0 Å². The van der Waals surface area contributed by atoms with Gasteiger partial charge in [-0.25, -0.2) is 0 Å². The van der Waals surface area contributed by atoms with E-state index in [9.17, 15) is 0 Å². The summed E-state index contributed by atoms with van der Waals surface area (Å²) in [6.45, 7) is 2.95. The molecule has 0 aliphatic heterocycles. The Morgan fingerprint density at radius 2 is 2.56 bits per heavy atom. The lowest BCUT2D eigenvalue weighted by Crippen LogP contribution is -2.15. The average molecular weight is 127 g/mol. The molecule has 1 aromatic heterocycles. The lowest BCUT2D eigenvalue weighted by molar-refractivity contribution is 0.393. The number of hydrogen-bond acceptors (Lipinski definition) is 4. The summed E-state index contributed by atoms with van der Waals surface area (Å²) in [7, 11) is 1.93. The molecule has 0 saturated heterocycles. The summed E-state index contributed by atoms with van der Waals surface area (Å²) in [5, 5.41) is 7.02. The predicted octanol–water partition coefficient (Wildman–Crippen LogP) is 0.526. The highest BCUT2D eigenvalue weighted by Gasteiger charge is 1.99. The normalized spacial score (nSPS) is 9.56. The molecule has 0 radical (unpaired) electrons. The molecule has 1 aromatic rings. The largest absolute Gasteiger partial charge is 0.356 e. The molecule has 4 heteroatoms. The van der Waals surface area contributed by atoms with Gasteiger partial charge < -0.3 is 9.42 Å². The van der Waals surface area contributed by atoms with Gasteiger partial charge >= 0.3 is 0 Å². The molecule has 0 fully saturated rings. The Morgan fingerprint density at radius 1 is 1.78 bits per heavy atom. The van der Waals surface area contributed by atoms with Gasteiger partial charge in [-0.3, -0.25) is 0 Å². The fourth-order valence-corrected chi connectivity index (χ4v) is 0.488. The highest BCUT2D eigenvalue weighted by molar-refractivity contribution is 5.30. The van der Waals surface area contributed by atoms with Crippen molar-refractivity contribution in [3.05, 3.63) is 6.26 Å². The zero-order chi connectivity index (χ0) is 6.69. The molecule has 0 saturated carbocycles.